The van der Waals surface area contributed by atoms with Gasteiger partial charge in [-0.05, 0) is 30.7 Å². The fraction of sp³-hybridized carbons (Fsp3) is 0.250. The zero-order valence-electron chi connectivity index (χ0n) is 11.0. The van der Waals surface area contributed by atoms with E-state index in [1.54, 1.807) is 12.1 Å². The van der Waals surface area contributed by atoms with Crippen LogP contribution in [0.2, 0.25) is 0 Å². The first-order valence-electron chi connectivity index (χ1n) is 6.45. The molecule has 0 unspecified atom stereocenters. The predicted octanol–water partition coefficient (Wildman–Crippen LogP) is 3.51. The summed E-state index contributed by atoms with van der Waals surface area (Å²) in [7, 11) is 0. The Balaban J connectivity index is 1.84. The van der Waals surface area contributed by atoms with Crippen LogP contribution in [0, 0.1) is 5.82 Å². The lowest BCUT2D eigenvalue weighted by Crippen LogP contribution is -2.13. The average molecular weight is 259 g/mol. The van der Waals surface area contributed by atoms with Crippen LogP contribution in [0.15, 0.2) is 48.5 Å². The van der Waals surface area contributed by atoms with E-state index in [0.717, 1.165) is 11.3 Å². The summed E-state index contributed by atoms with van der Waals surface area (Å²) in [4.78, 5) is 0. The van der Waals surface area contributed by atoms with Crippen LogP contribution in [0.4, 0.5) is 4.39 Å². The van der Waals surface area contributed by atoms with Crippen LogP contribution in [-0.2, 0) is 13.1 Å². The summed E-state index contributed by atoms with van der Waals surface area (Å²) in [5.41, 5.74) is 1.84. The summed E-state index contributed by atoms with van der Waals surface area (Å²) in [5, 5.41) is 3.23. The minimum absolute atomic E-state index is 0.165. The fourth-order valence-electron chi connectivity index (χ4n) is 1.85. The summed E-state index contributed by atoms with van der Waals surface area (Å²) >= 11 is 0. The second kappa shape index (κ2) is 6.90. The van der Waals surface area contributed by atoms with Gasteiger partial charge in [-0.2, -0.15) is 0 Å². The summed E-state index contributed by atoms with van der Waals surface area (Å²) in [5.74, 6) is 0.710. The van der Waals surface area contributed by atoms with Crippen molar-refractivity contribution < 1.29 is 9.13 Å². The third kappa shape index (κ3) is 4.07. The van der Waals surface area contributed by atoms with Gasteiger partial charge in [-0.1, -0.05) is 30.3 Å². The van der Waals surface area contributed by atoms with Gasteiger partial charge in [-0.15, -0.1) is 0 Å². The molecule has 0 fully saturated rings. The molecule has 0 aromatic heterocycles. The third-order valence-corrected chi connectivity index (χ3v) is 2.84. The highest BCUT2D eigenvalue weighted by atomic mass is 19.1. The van der Waals surface area contributed by atoms with Crippen LogP contribution in [0.5, 0.6) is 5.75 Å². The molecule has 19 heavy (non-hydrogen) atoms. The minimum atomic E-state index is -0.165. The summed E-state index contributed by atoms with van der Waals surface area (Å²) in [6, 6.07) is 14.7. The van der Waals surface area contributed by atoms with Crippen molar-refractivity contribution in [2.45, 2.75) is 20.0 Å². The number of benzene rings is 2. The highest BCUT2D eigenvalue weighted by Crippen LogP contribution is 2.12. The molecule has 0 amide bonds. The summed E-state index contributed by atoms with van der Waals surface area (Å²) in [6.45, 7) is 3.87. The quantitative estimate of drug-likeness (QED) is 0.857. The highest BCUT2D eigenvalue weighted by Gasteiger charge is 2.00. The molecule has 0 aliphatic heterocycles. The topological polar surface area (TPSA) is 21.3 Å². The third-order valence-electron chi connectivity index (χ3n) is 2.84. The molecule has 0 aliphatic rings. The van der Waals surface area contributed by atoms with Gasteiger partial charge in [0.2, 0.25) is 0 Å². The Morgan fingerprint density at radius 1 is 1.00 bits per heavy atom. The number of nitrogens with one attached hydrogen (secondary N) is 1. The van der Waals surface area contributed by atoms with Gasteiger partial charge in [0.15, 0.2) is 0 Å². The molecule has 2 rings (SSSR count). The van der Waals surface area contributed by atoms with E-state index in [0.29, 0.717) is 25.3 Å². The molecule has 2 nitrogen and oxygen atoms in total. The summed E-state index contributed by atoms with van der Waals surface area (Å²) < 4.78 is 18.8. The first-order chi connectivity index (χ1) is 9.29. The number of ether oxygens (including phenoxy) is 1. The molecule has 0 bridgehead atoms. The normalized spacial score (nSPS) is 10.4. The predicted molar refractivity (Wildman–Crippen MR) is 74.6 cm³/mol. The van der Waals surface area contributed by atoms with E-state index < -0.39 is 0 Å². The molecule has 0 aliphatic carbocycles. The van der Waals surface area contributed by atoms with Crippen LogP contribution in [0.3, 0.4) is 0 Å². The zero-order chi connectivity index (χ0) is 13.5. The van der Waals surface area contributed by atoms with Crippen molar-refractivity contribution in [3.63, 3.8) is 0 Å². The Bertz CT molecular complexity index is 510. The molecule has 100 valence electrons. The molecule has 0 atom stereocenters. The standard InChI is InChI=1S/C16H18FNO/c1-2-19-15-9-7-13(8-10-15)11-18-12-14-5-3-4-6-16(14)17/h3-10,18H,2,11-12H2,1H3. The molecule has 1 N–H and O–H groups in total. The first-order valence-corrected chi connectivity index (χ1v) is 6.45. The SMILES string of the molecule is CCOc1ccc(CNCc2ccccc2F)cc1. The fourth-order valence-corrected chi connectivity index (χ4v) is 1.85. The van der Waals surface area contributed by atoms with Crippen molar-refractivity contribution in [2.24, 2.45) is 0 Å². The van der Waals surface area contributed by atoms with Gasteiger partial charge >= 0.3 is 0 Å². The van der Waals surface area contributed by atoms with Crippen LogP contribution in [0.25, 0.3) is 0 Å². The number of hydrogen-bond acceptors (Lipinski definition) is 2. The molecule has 0 saturated heterocycles. The Kier molecular flexibility index (Phi) is 4.93. The monoisotopic (exact) mass is 259 g/mol. The Morgan fingerprint density at radius 3 is 2.42 bits per heavy atom. The average Bonchev–Trinajstić information content (AvgIpc) is 2.43. The Hall–Kier alpha value is -1.87. The molecule has 0 spiro atoms. The number of halogens is 1. The molecule has 0 saturated carbocycles. The van der Waals surface area contributed by atoms with Gasteiger partial charge < -0.3 is 10.1 Å². The van der Waals surface area contributed by atoms with E-state index in [4.69, 9.17) is 4.74 Å². The number of rotatable bonds is 6. The lowest BCUT2D eigenvalue weighted by Gasteiger charge is -2.07. The largest absolute Gasteiger partial charge is 0.494 e. The second-order valence-corrected chi connectivity index (χ2v) is 4.27. The summed E-state index contributed by atoms with van der Waals surface area (Å²) in [6.07, 6.45) is 0. The lowest BCUT2D eigenvalue weighted by atomic mass is 10.2. The van der Waals surface area contributed by atoms with Gasteiger partial charge in [0.1, 0.15) is 11.6 Å². The maximum atomic E-state index is 13.4. The van der Waals surface area contributed by atoms with Gasteiger partial charge in [-0.25, -0.2) is 4.39 Å². The van der Waals surface area contributed by atoms with Crippen molar-refractivity contribution in [1.82, 2.24) is 5.32 Å². The molecule has 2 aromatic carbocycles. The lowest BCUT2D eigenvalue weighted by molar-refractivity contribution is 0.340. The van der Waals surface area contributed by atoms with Gasteiger partial charge in [-0.3, -0.25) is 0 Å². The molecule has 0 radical (unpaired) electrons. The van der Waals surface area contributed by atoms with E-state index in [1.807, 2.05) is 37.3 Å². The van der Waals surface area contributed by atoms with Gasteiger partial charge in [0.05, 0.1) is 6.61 Å². The van der Waals surface area contributed by atoms with E-state index in [-0.39, 0.29) is 5.82 Å². The molecule has 3 heteroatoms. The van der Waals surface area contributed by atoms with Gasteiger partial charge in [0.25, 0.3) is 0 Å². The maximum Gasteiger partial charge on any atom is 0.127 e. The van der Waals surface area contributed by atoms with Crippen LogP contribution < -0.4 is 10.1 Å². The smallest absolute Gasteiger partial charge is 0.127 e. The molecule has 2 aromatic rings. The molecular formula is C16H18FNO. The minimum Gasteiger partial charge on any atom is -0.494 e. The second-order valence-electron chi connectivity index (χ2n) is 4.27. The van der Waals surface area contributed by atoms with Crippen molar-refractivity contribution in [3.8, 4) is 5.75 Å². The molecule has 0 heterocycles. The van der Waals surface area contributed by atoms with Crippen molar-refractivity contribution in [3.05, 3.63) is 65.5 Å². The van der Waals surface area contributed by atoms with E-state index >= 15 is 0 Å². The van der Waals surface area contributed by atoms with Crippen molar-refractivity contribution in [1.29, 1.82) is 0 Å². The van der Waals surface area contributed by atoms with Gasteiger partial charge in [0, 0.05) is 18.7 Å². The maximum absolute atomic E-state index is 13.4. The Labute approximate surface area is 113 Å². The Morgan fingerprint density at radius 2 is 1.74 bits per heavy atom. The van der Waals surface area contributed by atoms with Crippen molar-refractivity contribution >= 4 is 0 Å². The van der Waals surface area contributed by atoms with Crippen LogP contribution in [-0.4, -0.2) is 6.61 Å². The van der Waals surface area contributed by atoms with Crippen LogP contribution >= 0.6 is 0 Å². The van der Waals surface area contributed by atoms with E-state index in [9.17, 15) is 4.39 Å². The number of hydrogen-bond donors (Lipinski definition) is 1. The first kappa shape index (κ1) is 13.6. The van der Waals surface area contributed by atoms with Crippen molar-refractivity contribution in [2.75, 3.05) is 6.61 Å². The van der Waals surface area contributed by atoms with E-state index in [2.05, 4.69) is 5.32 Å². The van der Waals surface area contributed by atoms with Crippen LogP contribution in [0.1, 0.15) is 18.1 Å². The molecular weight excluding hydrogens is 241 g/mol. The zero-order valence-corrected chi connectivity index (χ0v) is 11.0. The highest BCUT2D eigenvalue weighted by molar-refractivity contribution is 5.27. The van der Waals surface area contributed by atoms with E-state index in [1.165, 1.54) is 6.07 Å².